The Labute approximate surface area is 88.4 Å². The number of aryl methyl sites for hydroxylation is 1. The minimum Gasteiger partial charge on any atom is -0.370 e. The van der Waals surface area contributed by atoms with E-state index in [0.717, 1.165) is 22.0 Å². The monoisotopic (exact) mass is 199 g/mol. The van der Waals surface area contributed by atoms with Crippen molar-refractivity contribution < 1.29 is 0 Å². The van der Waals surface area contributed by atoms with Crippen LogP contribution < -0.4 is 11.5 Å². The van der Waals surface area contributed by atoms with Gasteiger partial charge in [0.15, 0.2) is 5.96 Å². The van der Waals surface area contributed by atoms with E-state index in [9.17, 15) is 0 Å². The zero-order valence-corrected chi connectivity index (χ0v) is 8.57. The zero-order chi connectivity index (χ0) is 10.8. The fourth-order valence-electron chi connectivity index (χ4n) is 1.64. The summed E-state index contributed by atoms with van der Waals surface area (Å²) in [5.41, 5.74) is 12.8. The molecular formula is C12H13N3. The van der Waals surface area contributed by atoms with Crippen molar-refractivity contribution in [2.45, 2.75) is 6.92 Å². The Bertz CT molecular complexity index is 525. The van der Waals surface area contributed by atoms with Crippen molar-refractivity contribution in [3.8, 4) is 0 Å². The van der Waals surface area contributed by atoms with Gasteiger partial charge in [0, 0.05) is 5.39 Å². The molecule has 3 nitrogen and oxygen atoms in total. The van der Waals surface area contributed by atoms with Crippen molar-refractivity contribution in [3.63, 3.8) is 0 Å². The maximum atomic E-state index is 5.41. The summed E-state index contributed by atoms with van der Waals surface area (Å²) in [5, 5.41) is 2.22. The molecule has 0 aliphatic heterocycles. The molecular weight excluding hydrogens is 186 g/mol. The summed E-state index contributed by atoms with van der Waals surface area (Å²) >= 11 is 0. The lowest BCUT2D eigenvalue weighted by Gasteiger charge is -2.05. The third kappa shape index (κ3) is 1.76. The van der Waals surface area contributed by atoms with E-state index < -0.39 is 0 Å². The summed E-state index contributed by atoms with van der Waals surface area (Å²) in [5.74, 6) is 0.0921. The van der Waals surface area contributed by atoms with Crippen LogP contribution in [0, 0.1) is 6.92 Å². The van der Waals surface area contributed by atoms with Crippen LogP contribution in [0.3, 0.4) is 0 Å². The van der Waals surface area contributed by atoms with E-state index in [1.54, 1.807) is 0 Å². The molecule has 0 aliphatic carbocycles. The lowest BCUT2D eigenvalue weighted by atomic mass is 10.1. The molecule has 0 aliphatic rings. The third-order valence-electron chi connectivity index (χ3n) is 2.34. The molecule has 2 aromatic carbocycles. The summed E-state index contributed by atoms with van der Waals surface area (Å²) in [7, 11) is 0. The Hall–Kier alpha value is -2.03. The van der Waals surface area contributed by atoms with Gasteiger partial charge >= 0.3 is 0 Å². The van der Waals surface area contributed by atoms with Crippen LogP contribution in [0.4, 0.5) is 5.69 Å². The highest BCUT2D eigenvalue weighted by Crippen LogP contribution is 2.29. The molecule has 76 valence electrons. The average molecular weight is 199 g/mol. The first-order chi connectivity index (χ1) is 7.18. The molecule has 0 amide bonds. The van der Waals surface area contributed by atoms with E-state index in [2.05, 4.69) is 11.1 Å². The second-order valence-electron chi connectivity index (χ2n) is 3.49. The van der Waals surface area contributed by atoms with Gasteiger partial charge in [-0.1, -0.05) is 36.4 Å². The van der Waals surface area contributed by atoms with Gasteiger partial charge in [-0.25, -0.2) is 4.99 Å². The summed E-state index contributed by atoms with van der Waals surface area (Å²) in [6.07, 6.45) is 0. The van der Waals surface area contributed by atoms with Crippen LogP contribution in [0.2, 0.25) is 0 Å². The number of guanidine groups is 1. The molecule has 0 saturated heterocycles. The molecule has 3 heteroatoms. The van der Waals surface area contributed by atoms with Crippen molar-refractivity contribution >= 4 is 22.4 Å². The van der Waals surface area contributed by atoms with Gasteiger partial charge in [0.1, 0.15) is 0 Å². The molecule has 4 N–H and O–H groups in total. The lowest BCUT2D eigenvalue weighted by Crippen LogP contribution is -2.22. The van der Waals surface area contributed by atoms with Crippen LogP contribution in [-0.2, 0) is 0 Å². The van der Waals surface area contributed by atoms with E-state index in [-0.39, 0.29) is 5.96 Å². The normalized spacial score (nSPS) is 10.2. The number of nitrogens with zero attached hydrogens (tertiary/aromatic N) is 1. The van der Waals surface area contributed by atoms with E-state index in [1.165, 1.54) is 0 Å². The van der Waals surface area contributed by atoms with Crippen LogP contribution in [0.15, 0.2) is 41.4 Å². The highest BCUT2D eigenvalue weighted by molar-refractivity contribution is 5.96. The van der Waals surface area contributed by atoms with Crippen molar-refractivity contribution in [2.75, 3.05) is 0 Å². The molecule has 0 saturated carbocycles. The molecule has 15 heavy (non-hydrogen) atoms. The molecule has 0 spiro atoms. The number of hydrogen-bond donors (Lipinski definition) is 2. The Morgan fingerprint density at radius 3 is 2.53 bits per heavy atom. The second kappa shape index (κ2) is 3.61. The summed E-state index contributed by atoms with van der Waals surface area (Å²) in [6, 6.07) is 12.1. The molecule has 0 radical (unpaired) electrons. The Balaban J connectivity index is 2.80. The van der Waals surface area contributed by atoms with Gasteiger partial charge in [-0.15, -0.1) is 0 Å². The predicted octanol–water partition coefficient (Wildman–Crippen LogP) is 2.05. The Morgan fingerprint density at radius 2 is 1.80 bits per heavy atom. The summed E-state index contributed by atoms with van der Waals surface area (Å²) < 4.78 is 0. The number of benzene rings is 2. The fraction of sp³-hybridized carbons (Fsp3) is 0.0833. The van der Waals surface area contributed by atoms with Crippen LogP contribution in [0.1, 0.15) is 5.56 Å². The standard InChI is InChI=1S/C12H13N3/c1-8-6-7-9-4-2-3-5-10(9)11(8)15-12(13)14/h2-7H,1H3,(H4,13,14,15). The van der Waals surface area contributed by atoms with Gasteiger partial charge in [0.05, 0.1) is 5.69 Å². The van der Waals surface area contributed by atoms with Gasteiger partial charge in [-0.2, -0.15) is 0 Å². The van der Waals surface area contributed by atoms with Crippen LogP contribution in [0.25, 0.3) is 10.8 Å². The van der Waals surface area contributed by atoms with Crippen LogP contribution in [-0.4, -0.2) is 5.96 Å². The minimum atomic E-state index is 0.0921. The number of fused-ring (bicyclic) bond motifs is 1. The molecule has 0 unspecified atom stereocenters. The number of nitrogens with two attached hydrogens (primary N) is 2. The highest BCUT2D eigenvalue weighted by atomic mass is 15.0. The Morgan fingerprint density at radius 1 is 1.07 bits per heavy atom. The number of hydrogen-bond acceptors (Lipinski definition) is 1. The highest BCUT2D eigenvalue weighted by Gasteiger charge is 2.02. The molecule has 2 rings (SSSR count). The van der Waals surface area contributed by atoms with E-state index >= 15 is 0 Å². The fourth-order valence-corrected chi connectivity index (χ4v) is 1.64. The quantitative estimate of drug-likeness (QED) is 0.545. The van der Waals surface area contributed by atoms with Crippen molar-refractivity contribution in [3.05, 3.63) is 42.0 Å². The van der Waals surface area contributed by atoms with Gasteiger partial charge in [0.2, 0.25) is 0 Å². The first-order valence-corrected chi connectivity index (χ1v) is 4.76. The maximum Gasteiger partial charge on any atom is 0.191 e. The largest absolute Gasteiger partial charge is 0.370 e. The zero-order valence-electron chi connectivity index (χ0n) is 8.57. The first kappa shape index (κ1) is 9.52. The van der Waals surface area contributed by atoms with Gasteiger partial charge in [-0.3, -0.25) is 0 Å². The molecule has 0 fully saturated rings. The molecule has 0 atom stereocenters. The van der Waals surface area contributed by atoms with Gasteiger partial charge < -0.3 is 11.5 Å². The maximum absolute atomic E-state index is 5.41. The smallest absolute Gasteiger partial charge is 0.191 e. The van der Waals surface area contributed by atoms with E-state index in [4.69, 9.17) is 11.5 Å². The average Bonchev–Trinajstić information content (AvgIpc) is 2.22. The van der Waals surface area contributed by atoms with Crippen molar-refractivity contribution in [1.82, 2.24) is 0 Å². The predicted molar refractivity (Wildman–Crippen MR) is 64.2 cm³/mol. The Kier molecular flexibility index (Phi) is 2.29. The molecule has 0 bridgehead atoms. The third-order valence-corrected chi connectivity index (χ3v) is 2.34. The number of aliphatic imine (C=N–C) groups is 1. The van der Waals surface area contributed by atoms with Crippen LogP contribution >= 0.6 is 0 Å². The first-order valence-electron chi connectivity index (χ1n) is 4.76. The van der Waals surface area contributed by atoms with Gasteiger partial charge in [0.25, 0.3) is 0 Å². The summed E-state index contributed by atoms with van der Waals surface area (Å²) in [6.45, 7) is 1.99. The minimum absolute atomic E-state index is 0.0921. The molecule has 0 aromatic heterocycles. The van der Waals surface area contributed by atoms with E-state index in [0.29, 0.717) is 0 Å². The molecule has 2 aromatic rings. The van der Waals surface area contributed by atoms with Gasteiger partial charge in [-0.05, 0) is 17.9 Å². The topological polar surface area (TPSA) is 64.4 Å². The number of rotatable bonds is 1. The van der Waals surface area contributed by atoms with E-state index in [1.807, 2.05) is 37.3 Å². The molecule has 0 heterocycles. The van der Waals surface area contributed by atoms with Crippen molar-refractivity contribution in [2.24, 2.45) is 16.5 Å². The second-order valence-corrected chi connectivity index (χ2v) is 3.49. The van der Waals surface area contributed by atoms with Crippen LogP contribution in [0.5, 0.6) is 0 Å². The van der Waals surface area contributed by atoms with Crippen molar-refractivity contribution in [1.29, 1.82) is 0 Å². The summed E-state index contributed by atoms with van der Waals surface area (Å²) in [4.78, 5) is 4.16. The lowest BCUT2D eigenvalue weighted by molar-refractivity contribution is 1.38. The SMILES string of the molecule is Cc1ccc2ccccc2c1N=C(N)N.